The van der Waals surface area contributed by atoms with E-state index in [0.29, 0.717) is 25.3 Å². The number of carbonyl (C=O) groups is 1. The summed E-state index contributed by atoms with van der Waals surface area (Å²) in [6.07, 6.45) is 1.29. The quantitative estimate of drug-likeness (QED) is 0.875. The van der Waals surface area contributed by atoms with Crippen molar-refractivity contribution in [2.24, 2.45) is 5.92 Å². The van der Waals surface area contributed by atoms with Crippen LogP contribution in [0.2, 0.25) is 0 Å². The Kier molecular flexibility index (Phi) is 6.21. The van der Waals surface area contributed by atoms with Crippen molar-refractivity contribution in [3.05, 3.63) is 29.6 Å². The number of ether oxygens (including phenoxy) is 1. The first kappa shape index (κ1) is 17.5. The van der Waals surface area contributed by atoms with Gasteiger partial charge in [0.05, 0.1) is 12.7 Å². The van der Waals surface area contributed by atoms with Gasteiger partial charge in [-0.2, -0.15) is 0 Å². The molecule has 5 nitrogen and oxygen atoms in total. The Morgan fingerprint density at radius 1 is 1.48 bits per heavy atom. The highest BCUT2D eigenvalue weighted by atomic mass is 19.1. The molecule has 0 aliphatic carbocycles. The molecule has 2 rings (SSSR count). The van der Waals surface area contributed by atoms with Crippen LogP contribution in [0.25, 0.3) is 0 Å². The predicted molar refractivity (Wildman–Crippen MR) is 85.8 cm³/mol. The van der Waals surface area contributed by atoms with Gasteiger partial charge in [-0.3, -0.25) is 0 Å². The molecule has 1 atom stereocenters. The van der Waals surface area contributed by atoms with Crippen molar-refractivity contribution in [3.63, 3.8) is 0 Å². The number of aliphatic hydroxyl groups excluding tert-OH is 1. The highest BCUT2D eigenvalue weighted by Crippen LogP contribution is 2.21. The molecule has 1 aromatic rings. The molecule has 0 saturated carbocycles. The normalized spacial score (nSPS) is 17.0. The van der Waals surface area contributed by atoms with E-state index in [1.54, 1.807) is 30.9 Å². The van der Waals surface area contributed by atoms with Gasteiger partial charge in [0, 0.05) is 19.6 Å². The maximum absolute atomic E-state index is 13.8. The van der Waals surface area contributed by atoms with Crippen LogP contribution in [0.15, 0.2) is 18.2 Å². The van der Waals surface area contributed by atoms with E-state index in [-0.39, 0.29) is 30.3 Å². The molecule has 1 heterocycles. The molecule has 0 aromatic heterocycles. The number of amides is 2. The maximum Gasteiger partial charge on any atom is 0.317 e. The Labute approximate surface area is 136 Å². The van der Waals surface area contributed by atoms with Gasteiger partial charge >= 0.3 is 6.03 Å². The molecule has 1 aliphatic rings. The Balaban J connectivity index is 1.82. The first-order valence-electron chi connectivity index (χ1n) is 8.13. The van der Waals surface area contributed by atoms with Gasteiger partial charge in [-0.1, -0.05) is 6.07 Å². The number of urea groups is 1. The van der Waals surface area contributed by atoms with Crippen molar-refractivity contribution in [2.45, 2.75) is 39.3 Å². The highest BCUT2D eigenvalue weighted by molar-refractivity contribution is 5.74. The summed E-state index contributed by atoms with van der Waals surface area (Å²) in [4.78, 5) is 13.9. The van der Waals surface area contributed by atoms with Gasteiger partial charge in [0.1, 0.15) is 0 Å². The molecule has 128 valence electrons. The molecule has 2 N–H and O–H groups in total. The van der Waals surface area contributed by atoms with E-state index in [1.165, 1.54) is 6.07 Å². The van der Waals surface area contributed by atoms with Crippen molar-refractivity contribution in [1.29, 1.82) is 0 Å². The number of nitrogens with zero attached hydrogens (tertiary/aromatic N) is 1. The number of rotatable bonds is 5. The summed E-state index contributed by atoms with van der Waals surface area (Å²) >= 11 is 0. The second-order valence-corrected chi connectivity index (χ2v) is 5.92. The Morgan fingerprint density at radius 3 is 2.74 bits per heavy atom. The fourth-order valence-corrected chi connectivity index (χ4v) is 2.80. The molecule has 0 bridgehead atoms. The zero-order valence-corrected chi connectivity index (χ0v) is 13.7. The van der Waals surface area contributed by atoms with Crippen molar-refractivity contribution in [1.82, 2.24) is 10.2 Å². The monoisotopic (exact) mass is 324 g/mol. The molecule has 2 amide bonds. The summed E-state index contributed by atoms with van der Waals surface area (Å²) in [6, 6.07) is 4.55. The van der Waals surface area contributed by atoms with E-state index < -0.39 is 5.82 Å². The van der Waals surface area contributed by atoms with Gasteiger partial charge in [0.2, 0.25) is 0 Å². The first-order valence-corrected chi connectivity index (χ1v) is 8.13. The number of aliphatic hydroxyl groups is 1. The molecular formula is C17H25FN2O3. The summed E-state index contributed by atoms with van der Waals surface area (Å²) in [6.45, 7) is 5.56. The zero-order chi connectivity index (χ0) is 16.8. The second-order valence-electron chi connectivity index (χ2n) is 5.92. The number of halogens is 1. The van der Waals surface area contributed by atoms with E-state index in [1.807, 2.05) is 0 Å². The molecule has 6 heteroatoms. The van der Waals surface area contributed by atoms with Crippen LogP contribution in [0.4, 0.5) is 9.18 Å². The van der Waals surface area contributed by atoms with Crippen LogP contribution in [-0.4, -0.2) is 41.8 Å². The third kappa shape index (κ3) is 4.82. The maximum atomic E-state index is 13.8. The molecule has 1 saturated heterocycles. The zero-order valence-electron chi connectivity index (χ0n) is 13.7. The summed E-state index contributed by atoms with van der Waals surface area (Å²) < 4.78 is 18.9. The number of hydrogen-bond acceptors (Lipinski definition) is 3. The smallest absolute Gasteiger partial charge is 0.317 e. The van der Waals surface area contributed by atoms with E-state index in [9.17, 15) is 14.3 Å². The van der Waals surface area contributed by atoms with Gasteiger partial charge in [-0.15, -0.1) is 0 Å². The minimum Gasteiger partial charge on any atom is -0.491 e. The number of likely N-dealkylation sites (tertiary alicyclic amines) is 1. The summed E-state index contributed by atoms with van der Waals surface area (Å²) in [5, 5.41) is 12.4. The average molecular weight is 324 g/mol. The lowest BCUT2D eigenvalue weighted by atomic mass is 9.92. The minimum absolute atomic E-state index is 0.150. The third-order valence-electron chi connectivity index (χ3n) is 4.25. The average Bonchev–Trinajstić information content (AvgIpc) is 2.55. The summed E-state index contributed by atoms with van der Waals surface area (Å²) in [7, 11) is 0. The first-order chi connectivity index (χ1) is 11.0. The minimum atomic E-state index is -0.420. The standard InChI is InChI=1S/C17H25FN2O3/c1-3-23-16-5-4-13(10-15(16)18)11-19-17(22)20-8-6-14(7-9-20)12(2)21/h4-5,10,12,14,21H,3,6-9,11H2,1-2H3,(H,19,22). The Morgan fingerprint density at radius 2 is 2.17 bits per heavy atom. The van der Waals surface area contributed by atoms with Crippen molar-refractivity contribution in [2.75, 3.05) is 19.7 Å². The van der Waals surface area contributed by atoms with Gasteiger partial charge in [-0.25, -0.2) is 9.18 Å². The lowest BCUT2D eigenvalue weighted by molar-refractivity contribution is 0.0798. The fourth-order valence-electron chi connectivity index (χ4n) is 2.80. The van der Waals surface area contributed by atoms with Crippen molar-refractivity contribution < 1.29 is 19.0 Å². The lowest BCUT2D eigenvalue weighted by Gasteiger charge is -2.33. The van der Waals surface area contributed by atoms with E-state index in [0.717, 1.165) is 12.8 Å². The number of carbonyl (C=O) groups excluding carboxylic acids is 1. The number of hydrogen-bond donors (Lipinski definition) is 2. The van der Waals surface area contributed by atoms with Crippen LogP contribution >= 0.6 is 0 Å². The van der Waals surface area contributed by atoms with Crippen LogP contribution in [0.3, 0.4) is 0 Å². The topological polar surface area (TPSA) is 61.8 Å². The molecule has 23 heavy (non-hydrogen) atoms. The van der Waals surface area contributed by atoms with Crippen molar-refractivity contribution >= 4 is 6.03 Å². The molecule has 1 fully saturated rings. The Bertz CT molecular complexity index is 529. The molecule has 1 unspecified atom stereocenters. The highest BCUT2D eigenvalue weighted by Gasteiger charge is 2.25. The van der Waals surface area contributed by atoms with Crippen LogP contribution in [-0.2, 0) is 6.54 Å². The van der Waals surface area contributed by atoms with Gasteiger partial charge < -0.3 is 20.1 Å². The number of nitrogens with one attached hydrogen (secondary N) is 1. The van der Waals surface area contributed by atoms with Crippen molar-refractivity contribution in [3.8, 4) is 5.75 Å². The molecule has 0 spiro atoms. The van der Waals surface area contributed by atoms with Crippen LogP contribution in [0.1, 0.15) is 32.3 Å². The molecule has 0 radical (unpaired) electrons. The van der Waals surface area contributed by atoms with Crippen LogP contribution in [0.5, 0.6) is 5.75 Å². The second kappa shape index (κ2) is 8.15. The largest absolute Gasteiger partial charge is 0.491 e. The Hall–Kier alpha value is -1.82. The molecular weight excluding hydrogens is 299 g/mol. The van der Waals surface area contributed by atoms with Gasteiger partial charge in [0.25, 0.3) is 0 Å². The molecule has 1 aromatic carbocycles. The van der Waals surface area contributed by atoms with E-state index >= 15 is 0 Å². The number of benzene rings is 1. The van der Waals surface area contributed by atoms with E-state index in [2.05, 4.69) is 5.32 Å². The summed E-state index contributed by atoms with van der Waals surface area (Å²) in [5.74, 6) is 0.0679. The van der Waals surface area contributed by atoms with Gasteiger partial charge in [0.15, 0.2) is 11.6 Å². The molecule has 1 aliphatic heterocycles. The predicted octanol–water partition coefficient (Wildman–Crippen LogP) is 2.53. The van der Waals surface area contributed by atoms with Crippen LogP contribution < -0.4 is 10.1 Å². The van der Waals surface area contributed by atoms with E-state index in [4.69, 9.17) is 4.74 Å². The summed E-state index contributed by atoms with van der Waals surface area (Å²) in [5.41, 5.74) is 0.693. The fraction of sp³-hybridized carbons (Fsp3) is 0.588. The third-order valence-corrected chi connectivity index (χ3v) is 4.25. The lowest BCUT2D eigenvalue weighted by Crippen LogP contribution is -2.45. The number of piperidine rings is 1. The van der Waals surface area contributed by atoms with Gasteiger partial charge in [-0.05, 0) is 50.3 Å². The SMILES string of the molecule is CCOc1ccc(CNC(=O)N2CCC(C(C)O)CC2)cc1F. The van der Waals surface area contributed by atoms with Crippen LogP contribution in [0, 0.1) is 11.7 Å².